The van der Waals surface area contributed by atoms with Crippen LogP contribution in [-0.4, -0.2) is 36.2 Å². The van der Waals surface area contributed by atoms with Crippen molar-refractivity contribution in [3.63, 3.8) is 0 Å². The fraction of sp³-hybridized carbons (Fsp3) is 0.214. The molecule has 1 rings (SSSR count). The van der Waals surface area contributed by atoms with Gasteiger partial charge in [-0.1, -0.05) is 18.2 Å². The molecule has 0 amide bonds. The van der Waals surface area contributed by atoms with Crippen LogP contribution in [0.5, 0.6) is 0 Å². The molecule has 0 saturated carbocycles. The summed E-state index contributed by atoms with van der Waals surface area (Å²) in [6, 6.07) is 8.53. The Labute approximate surface area is 115 Å². The Morgan fingerprint density at radius 3 is 2.30 bits per heavy atom. The number of carboxylic acids is 1. The van der Waals surface area contributed by atoms with Gasteiger partial charge in [0.25, 0.3) is 0 Å². The summed E-state index contributed by atoms with van der Waals surface area (Å²) in [6.45, 7) is 0.161. The summed E-state index contributed by atoms with van der Waals surface area (Å²) in [6.07, 6.45) is 1.85. The SMILES string of the molecule is O=C(O)/C=C\C(=O)OCCCOC(=O)c1ccccc1. The quantitative estimate of drug-likeness (QED) is 0.461. The molecule has 0 unspecified atom stereocenters. The molecule has 6 heteroatoms. The number of aliphatic carboxylic acids is 1. The molecule has 0 aromatic heterocycles. The van der Waals surface area contributed by atoms with Gasteiger partial charge in [-0.3, -0.25) is 0 Å². The normalized spacial score (nSPS) is 10.2. The van der Waals surface area contributed by atoms with Crippen molar-refractivity contribution in [3.8, 4) is 0 Å². The molecule has 0 aliphatic carbocycles. The van der Waals surface area contributed by atoms with Crippen LogP contribution >= 0.6 is 0 Å². The highest BCUT2D eigenvalue weighted by atomic mass is 16.5. The van der Waals surface area contributed by atoms with E-state index in [1.54, 1.807) is 30.3 Å². The van der Waals surface area contributed by atoms with Crippen molar-refractivity contribution >= 4 is 17.9 Å². The number of carbonyl (C=O) groups excluding carboxylic acids is 2. The predicted molar refractivity (Wildman–Crippen MR) is 69.1 cm³/mol. The second-order valence-corrected chi connectivity index (χ2v) is 3.69. The third-order valence-electron chi connectivity index (χ3n) is 2.14. The average molecular weight is 278 g/mol. The molecule has 0 fully saturated rings. The molecule has 0 aliphatic heterocycles. The zero-order valence-corrected chi connectivity index (χ0v) is 10.7. The molecule has 0 heterocycles. The third-order valence-corrected chi connectivity index (χ3v) is 2.14. The number of hydrogen-bond acceptors (Lipinski definition) is 5. The van der Waals surface area contributed by atoms with E-state index in [9.17, 15) is 14.4 Å². The molecular formula is C14H14O6. The molecule has 6 nitrogen and oxygen atoms in total. The van der Waals surface area contributed by atoms with E-state index in [0.29, 0.717) is 18.1 Å². The second kappa shape index (κ2) is 8.47. The molecule has 106 valence electrons. The first-order chi connectivity index (χ1) is 9.59. The van der Waals surface area contributed by atoms with E-state index in [1.165, 1.54) is 0 Å². The topological polar surface area (TPSA) is 89.9 Å². The molecule has 1 aromatic rings. The van der Waals surface area contributed by atoms with Crippen molar-refractivity contribution in [2.75, 3.05) is 13.2 Å². The van der Waals surface area contributed by atoms with Gasteiger partial charge in [0.15, 0.2) is 0 Å². The van der Waals surface area contributed by atoms with Crippen LogP contribution in [0.25, 0.3) is 0 Å². The molecule has 1 aromatic carbocycles. The predicted octanol–water partition coefficient (Wildman–Crippen LogP) is 1.42. The minimum Gasteiger partial charge on any atom is -0.478 e. The van der Waals surface area contributed by atoms with Gasteiger partial charge >= 0.3 is 17.9 Å². The lowest BCUT2D eigenvalue weighted by Gasteiger charge is -2.04. The summed E-state index contributed by atoms with van der Waals surface area (Å²) >= 11 is 0. The van der Waals surface area contributed by atoms with Crippen molar-refractivity contribution in [2.24, 2.45) is 0 Å². The van der Waals surface area contributed by atoms with Gasteiger partial charge in [0, 0.05) is 18.6 Å². The van der Waals surface area contributed by atoms with Crippen LogP contribution in [0.4, 0.5) is 0 Å². The first-order valence-electron chi connectivity index (χ1n) is 5.89. The minimum absolute atomic E-state index is 0.0465. The second-order valence-electron chi connectivity index (χ2n) is 3.69. The number of benzene rings is 1. The van der Waals surface area contributed by atoms with E-state index in [1.807, 2.05) is 0 Å². The Morgan fingerprint density at radius 1 is 1.00 bits per heavy atom. The first kappa shape index (κ1) is 15.4. The highest BCUT2D eigenvalue weighted by molar-refractivity contribution is 5.90. The fourth-order valence-corrected chi connectivity index (χ4v) is 1.24. The van der Waals surface area contributed by atoms with Crippen molar-refractivity contribution in [1.82, 2.24) is 0 Å². The Bertz CT molecular complexity index is 492. The third kappa shape index (κ3) is 6.34. The van der Waals surface area contributed by atoms with Crippen molar-refractivity contribution in [2.45, 2.75) is 6.42 Å². The maximum absolute atomic E-state index is 11.5. The fourth-order valence-electron chi connectivity index (χ4n) is 1.24. The lowest BCUT2D eigenvalue weighted by Crippen LogP contribution is -2.10. The van der Waals surface area contributed by atoms with Gasteiger partial charge in [-0.2, -0.15) is 0 Å². The van der Waals surface area contributed by atoms with Gasteiger partial charge in [-0.05, 0) is 12.1 Å². The molecule has 0 saturated heterocycles. The molecule has 1 N–H and O–H groups in total. The van der Waals surface area contributed by atoms with Gasteiger partial charge in [-0.25, -0.2) is 14.4 Å². The van der Waals surface area contributed by atoms with Crippen molar-refractivity contribution in [3.05, 3.63) is 48.0 Å². The summed E-state index contributed by atoms with van der Waals surface area (Å²) in [5.74, 6) is -2.41. The van der Waals surface area contributed by atoms with Crippen LogP contribution in [0.15, 0.2) is 42.5 Å². The molecule has 0 spiro atoms. The van der Waals surface area contributed by atoms with Gasteiger partial charge in [0.05, 0.1) is 18.8 Å². The minimum atomic E-state index is -1.22. The summed E-state index contributed by atoms with van der Waals surface area (Å²) in [5, 5.41) is 8.29. The first-order valence-corrected chi connectivity index (χ1v) is 5.89. The van der Waals surface area contributed by atoms with Crippen LogP contribution < -0.4 is 0 Å². The number of hydrogen-bond donors (Lipinski definition) is 1. The van der Waals surface area contributed by atoms with Gasteiger partial charge in [-0.15, -0.1) is 0 Å². The molecule has 0 radical (unpaired) electrons. The van der Waals surface area contributed by atoms with Gasteiger partial charge < -0.3 is 14.6 Å². The van der Waals surface area contributed by atoms with E-state index in [2.05, 4.69) is 0 Å². The van der Waals surface area contributed by atoms with Crippen molar-refractivity contribution in [1.29, 1.82) is 0 Å². The summed E-state index contributed by atoms with van der Waals surface area (Å²) < 4.78 is 9.67. The maximum Gasteiger partial charge on any atom is 0.338 e. The van der Waals surface area contributed by atoms with Crippen LogP contribution in [-0.2, 0) is 19.1 Å². The summed E-state index contributed by atoms with van der Waals surface area (Å²) in [5.41, 5.74) is 0.453. The highest BCUT2D eigenvalue weighted by Crippen LogP contribution is 2.01. The Morgan fingerprint density at radius 2 is 1.65 bits per heavy atom. The highest BCUT2D eigenvalue weighted by Gasteiger charge is 2.05. The van der Waals surface area contributed by atoms with Crippen LogP contribution in [0.3, 0.4) is 0 Å². The van der Waals surface area contributed by atoms with Gasteiger partial charge in [0.2, 0.25) is 0 Å². The molecule has 0 atom stereocenters. The van der Waals surface area contributed by atoms with E-state index in [-0.39, 0.29) is 13.2 Å². The van der Waals surface area contributed by atoms with Crippen LogP contribution in [0.2, 0.25) is 0 Å². The lowest BCUT2D eigenvalue weighted by molar-refractivity contribution is -0.139. The number of esters is 2. The van der Waals surface area contributed by atoms with Crippen molar-refractivity contribution < 1.29 is 29.0 Å². The summed E-state index contributed by atoms with van der Waals surface area (Å²) in [4.78, 5) is 32.6. The largest absolute Gasteiger partial charge is 0.478 e. The monoisotopic (exact) mass is 278 g/mol. The number of carbonyl (C=O) groups is 3. The lowest BCUT2D eigenvalue weighted by atomic mass is 10.2. The molecule has 0 aliphatic rings. The average Bonchev–Trinajstić information content (AvgIpc) is 2.45. The maximum atomic E-state index is 11.5. The number of ether oxygens (including phenoxy) is 2. The standard InChI is InChI=1S/C14H14O6/c15-12(16)7-8-13(17)19-9-4-10-20-14(18)11-5-2-1-3-6-11/h1-3,5-8H,4,9-10H2,(H,15,16)/b8-7-. The smallest absolute Gasteiger partial charge is 0.338 e. The van der Waals surface area contributed by atoms with Crippen LogP contribution in [0, 0.1) is 0 Å². The molecular weight excluding hydrogens is 264 g/mol. The molecule has 0 bridgehead atoms. The van der Waals surface area contributed by atoms with E-state index < -0.39 is 17.9 Å². The zero-order chi connectivity index (χ0) is 14.8. The number of rotatable bonds is 7. The zero-order valence-electron chi connectivity index (χ0n) is 10.7. The Hall–Kier alpha value is -2.63. The van der Waals surface area contributed by atoms with E-state index >= 15 is 0 Å². The Kier molecular flexibility index (Phi) is 6.53. The molecule has 20 heavy (non-hydrogen) atoms. The van der Waals surface area contributed by atoms with E-state index in [0.717, 1.165) is 6.08 Å². The van der Waals surface area contributed by atoms with Gasteiger partial charge in [0.1, 0.15) is 0 Å². The summed E-state index contributed by atoms with van der Waals surface area (Å²) in [7, 11) is 0. The number of carboxylic acid groups (broad SMARTS) is 1. The van der Waals surface area contributed by atoms with Crippen LogP contribution in [0.1, 0.15) is 16.8 Å². The van der Waals surface area contributed by atoms with E-state index in [4.69, 9.17) is 14.6 Å². The Balaban J connectivity index is 2.15.